The van der Waals surface area contributed by atoms with Crippen LogP contribution in [0.3, 0.4) is 0 Å². The Morgan fingerprint density at radius 3 is 2.73 bits per heavy atom. The quantitative estimate of drug-likeness (QED) is 0.614. The van der Waals surface area contributed by atoms with Crippen molar-refractivity contribution in [1.29, 1.82) is 0 Å². The molecule has 3 aromatic rings. The zero-order valence-electron chi connectivity index (χ0n) is 16.3. The van der Waals surface area contributed by atoms with Crippen molar-refractivity contribution >= 4 is 17.7 Å². The van der Waals surface area contributed by atoms with Crippen molar-refractivity contribution in [3.05, 3.63) is 72.1 Å². The fraction of sp³-hybridized carbons (Fsp3) is 0.227. The maximum absolute atomic E-state index is 14.2. The molecule has 1 fully saturated rings. The summed E-state index contributed by atoms with van der Waals surface area (Å²) >= 11 is 0. The molecule has 4 rings (SSSR count). The lowest BCUT2D eigenvalue weighted by molar-refractivity contribution is -0.111. The topological polar surface area (TPSA) is 83.1 Å². The van der Waals surface area contributed by atoms with Gasteiger partial charge in [0.25, 0.3) is 0 Å². The zero-order valence-corrected chi connectivity index (χ0v) is 16.3. The maximum atomic E-state index is 14.2. The summed E-state index contributed by atoms with van der Waals surface area (Å²) < 4.78 is 19.6. The molecule has 30 heavy (non-hydrogen) atoms. The number of hydrogen-bond donors (Lipinski definition) is 2. The molecule has 8 heteroatoms. The van der Waals surface area contributed by atoms with E-state index in [0.717, 1.165) is 39.0 Å². The molecule has 154 valence electrons. The lowest BCUT2D eigenvalue weighted by Gasteiger charge is -2.26. The van der Waals surface area contributed by atoms with Gasteiger partial charge in [-0.2, -0.15) is 5.10 Å². The third kappa shape index (κ3) is 4.97. The van der Waals surface area contributed by atoms with E-state index >= 15 is 0 Å². The summed E-state index contributed by atoms with van der Waals surface area (Å²) in [4.78, 5) is 18.5. The van der Waals surface area contributed by atoms with Gasteiger partial charge in [-0.05, 0) is 23.8 Å². The van der Waals surface area contributed by atoms with Crippen molar-refractivity contribution in [1.82, 2.24) is 20.1 Å². The Morgan fingerprint density at radius 1 is 1.20 bits per heavy atom. The Morgan fingerprint density at radius 2 is 2.00 bits per heavy atom. The van der Waals surface area contributed by atoms with E-state index in [2.05, 4.69) is 25.4 Å². The fourth-order valence-corrected chi connectivity index (χ4v) is 3.33. The highest BCUT2D eigenvalue weighted by molar-refractivity contribution is 6.02. The molecular weight excluding hydrogens is 385 g/mol. The Balaban J connectivity index is 1.39. The average Bonchev–Trinajstić information content (AvgIpc) is 3.29. The largest absolute Gasteiger partial charge is 0.379 e. The molecule has 1 aliphatic heterocycles. The molecule has 0 spiro atoms. The minimum absolute atomic E-state index is 0.307. The van der Waals surface area contributed by atoms with Crippen LogP contribution in [-0.4, -0.2) is 52.3 Å². The number of amides is 1. The van der Waals surface area contributed by atoms with E-state index < -0.39 is 5.82 Å². The summed E-state index contributed by atoms with van der Waals surface area (Å²) in [5, 5.41) is 9.33. The van der Waals surface area contributed by atoms with Crippen molar-refractivity contribution < 1.29 is 13.9 Å². The van der Waals surface area contributed by atoms with E-state index in [4.69, 9.17) is 4.74 Å². The van der Waals surface area contributed by atoms with E-state index in [1.807, 2.05) is 24.3 Å². The molecule has 2 N–H and O–H groups in total. The summed E-state index contributed by atoms with van der Waals surface area (Å²) in [6.45, 7) is 4.26. The second kappa shape index (κ2) is 9.43. The van der Waals surface area contributed by atoms with Gasteiger partial charge in [0.1, 0.15) is 5.82 Å². The third-order valence-corrected chi connectivity index (χ3v) is 4.86. The molecule has 1 amide bonds. The van der Waals surface area contributed by atoms with Crippen molar-refractivity contribution in [2.45, 2.75) is 6.54 Å². The smallest absolute Gasteiger partial charge is 0.248 e. The normalized spacial score (nSPS) is 14.8. The van der Waals surface area contributed by atoms with Gasteiger partial charge in [0.05, 0.1) is 25.6 Å². The average molecular weight is 407 g/mol. The predicted molar refractivity (Wildman–Crippen MR) is 112 cm³/mol. The molecule has 1 aromatic carbocycles. The van der Waals surface area contributed by atoms with Crippen LogP contribution in [0.2, 0.25) is 0 Å². The molecule has 7 nitrogen and oxygen atoms in total. The highest BCUT2D eigenvalue weighted by atomic mass is 19.1. The van der Waals surface area contributed by atoms with Crippen molar-refractivity contribution in [2.24, 2.45) is 0 Å². The number of nitrogens with one attached hydrogen (secondary N) is 2. The van der Waals surface area contributed by atoms with Crippen molar-refractivity contribution in [2.75, 3.05) is 31.6 Å². The molecule has 0 aliphatic carbocycles. The molecule has 3 heterocycles. The summed E-state index contributed by atoms with van der Waals surface area (Å²) in [5.41, 5.74) is 3.30. The number of H-pyrrole nitrogens is 1. The fourth-order valence-electron chi connectivity index (χ4n) is 3.33. The first-order chi connectivity index (χ1) is 14.7. The summed E-state index contributed by atoms with van der Waals surface area (Å²) in [6, 6.07) is 7.76. The highest BCUT2D eigenvalue weighted by Crippen LogP contribution is 2.26. The van der Waals surface area contributed by atoms with Crippen LogP contribution in [0.15, 0.2) is 55.1 Å². The Bertz CT molecular complexity index is 1010. The number of nitrogens with zero attached hydrogens (tertiary/aromatic N) is 3. The Hall–Kier alpha value is -3.36. The van der Waals surface area contributed by atoms with E-state index in [1.165, 1.54) is 24.0 Å². The van der Waals surface area contributed by atoms with Gasteiger partial charge in [0, 0.05) is 60.5 Å². The number of benzene rings is 1. The lowest BCUT2D eigenvalue weighted by Crippen LogP contribution is -2.35. The van der Waals surface area contributed by atoms with Gasteiger partial charge in [-0.15, -0.1) is 0 Å². The SMILES string of the molecule is O=C(/C=C/c1cncc(F)c1-c1cn[nH]c1)Nc1ccc(CN2CCOCC2)cc1. The number of pyridine rings is 1. The highest BCUT2D eigenvalue weighted by Gasteiger charge is 2.12. The number of aromatic amines is 1. The van der Waals surface area contributed by atoms with Gasteiger partial charge in [-0.1, -0.05) is 12.1 Å². The minimum Gasteiger partial charge on any atom is -0.379 e. The van der Waals surface area contributed by atoms with E-state index in [9.17, 15) is 9.18 Å². The third-order valence-electron chi connectivity index (χ3n) is 4.86. The van der Waals surface area contributed by atoms with Crippen LogP contribution in [0.5, 0.6) is 0 Å². The summed E-state index contributed by atoms with van der Waals surface area (Å²) in [5.74, 6) is -0.784. The summed E-state index contributed by atoms with van der Waals surface area (Å²) in [6.07, 6.45) is 8.67. The monoisotopic (exact) mass is 407 g/mol. The standard InChI is InChI=1S/C22H22FN5O2/c23-20-14-24-11-17(22(20)18-12-25-26-13-18)3-6-21(29)27-19-4-1-16(2-5-19)15-28-7-9-30-10-8-28/h1-6,11-14H,7-10,15H2,(H,25,26)(H,27,29)/b6-3+. The zero-order chi connectivity index (χ0) is 20.8. The molecule has 0 saturated carbocycles. The summed E-state index contributed by atoms with van der Waals surface area (Å²) in [7, 11) is 0. The van der Waals surface area contributed by atoms with Crippen LogP contribution in [-0.2, 0) is 16.1 Å². The number of carbonyl (C=O) groups excluding carboxylic acids is 1. The van der Waals surface area contributed by atoms with Gasteiger partial charge in [-0.25, -0.2) is 4.39 Å². The van der Waals surface area contributed by atoms with Crippen LogP contribution < -0.4 is 5.32 Å². The number of halogens is 1. The van der Waals surface area contributed by atoms with Gasteiger partial charge in [0.2, 0.25) is 5.91 Å². The van der Waals surface area contributed by atoms with Crippen LogP contribution in [0.25, 0.3) is 17.2 Å². The molecule has 1 saturated heterocycles. The van der Waals surface area contributed by atoms with Crippen LogP contribution in [0.1, 0.15) is 11.1 Å². The van der Waals surface area contributed by atoms with Crippen LogP contribution in [0, 0.1) is 5.82 Å². The number of hydrogen-bond acceptors (Lipinski definition) is 5. The van der Waals surface area contributed by atoms with Crippen molar-refractivity contribution in [3.8, 4) is 11.1 Å². The van der Waals surface area contributed by atoms with Gasteiger partial charge in [-0.3, -0.25) is 19.8 Å². The minimum atomic E-state index is -0.477. The number of ether oxygens (including phenoxy) is 1. The van der Waals surface area contributed by atoms with Crippen LogP contribution >= 0.6 is 0 Å². The first-order valence-corrected chi connectivity index (χ1v) is 9.70. The molecule has 0 unspecified atom stereocenters. The van der Waals surface area contributed by atoms with Gasteiger partial charge in [0.15, 0.2) is 0 Å². The first kappa shape index (κ1) is 19.9. The molecule has 0 radical (unpaired) electrons. The second-order valence-corrected chi connectivity index (χ2v) is 6.98. The number of rotatable bonds is 6. The Kier molecular flexibility index (Phi) is 6.26. The number of aromatic nitrogens is 3. The van der Waals surface area contributed by atoms with Gasteiger partial charge < -0.3 is 10.1 Å². The molecule has 1 aliphatic rings. The second-order valence-electron chi connectivity index (χ2n) is 6.98. The number of anilines is 1. The van der Waals surface area contributed by atoms with Crippen LogP contribution in [0.4, 0.5) is 10.1 Å². The lowest BCUT2D eigenvalue weighted by atomic mass is 10.0. The first-order valence-electron chi connectivity index (χ1n) is 9.70. The predicted octanol–water partition coefficient (Wildman–Crippen LogP) is 3.09. The van der Waals surface area contributed by atoms with E-state index in [-0.39, 0.29) is 5.91 Å². The molecule has 0 atom stereocenters. The molecule has 0 bridgehead atoms. The van der Waals surface area contributed by atoms with Gasteiger partial charge >= 0.3 is 0 Å². The van der Waals surface area contributed by atoms with E-state index in [0.29, 0.717) is 22.4 Å². The Labute approximate surface area is 173 Å². The maximum Gasteiger partial charge on any atom is 0.248 e. The number of morpholine rings is 1. The van der Waals surface area contributed by atoms with Crippen molar-refractivity contribution in [3.63, 3.8) is 0 Å². The molecule has 2 aromatic heterocycles. The molecular formula is C22H22FN5O2. The van der Waals surface area contributed by atoms with E-state index in [1.54, 1.807) is 12.3 Å². The number of carbonyl (C=O) groups is 1.